The molecule has 0 radical (unpaired) electrons. The molecule has 1 heterocycles. The Bertz CT molecular complexity index is 1040. The Morgan fingerprint density at radius 3 is 2.28 bits per heavy atom. The third-order valence-corrected chi connectivity index (χ3v) is 7.20. The Labute approximate surface area is 172 Å². The second kappa shape index (κ2) is 8.06. The summed E-state index contributed by atoms with van der Waals surface area (Å²) < 4.78 is 29.0. The molecule has 0 aliphatic carbocycles. The van der Waals surface area contributed by atoms with Gasteiger partial charge in [-0.15, -0.1) is 0 Å². The smallest absolute Gasteiger partial charge is 0.335 e. The van der Waals surface area contributed by atoms with E-state index in [9.17, 15) is 18.3 Å². The van der Waals surface area contributed by atoms with Gasteiger partial charge >= 0.3 is 5.97 Å². The van der Waals surface area contributed by atoms with Gasteiger partial charge in [-0.3, -0.25) is 4.72 Å². The molecular weight excluding hydrogens is 388 g/mol. The van der Waals surface area contributed by atoms with Crippen molar-refractivity contribution >= 4 is 27.4 Å². The average molecular weight is 417 g/mol. The van der Waals surface area contributed by atoms with E-state index in [4.69, 9.17) is 0 Å². The maximum atomic E-state index is 13.2. The number of carboxylic acids is 1. The second-order valence-corrected chi connectivity index (χ2v) is 9.66. The number of carboxylic acid groups (broad SMARTS) is 1. The largest absolute Gasteiger partial charge is 0.478 e. The number of sulfonamides is 1. The average Bonchev–Trinajstić information content (AvgIpc) is 2.65. The first-order chi connectivity index (χ1) is 13.6. The van der Waals surface area contributed by atoms with Gasteiger partial charge in [-0.2, -0.15) is 0 Å². The number of nitrogens with one attached hydrogen (secondary N) is 1. The second-order valence-electron chi connectivity index (χ2n) is 8.01. The van der Waals surface area contributed by atoms with E-state index in [1.54, 1.807) is 19.1 Å². The van der Waals surface area contributed by atoms with Crippen LogP contribution < -0.4 is 9.62 Å². The summed E-state index contributed by atoms with van der Waals surface area (Å²) in [7, 11) is -3.87. The first kappa shape index (κ1) is 21.2. The first-order valence-corrected chi connectivity index (χ1v) is 11.3. The zero-order chi connectivity index (χ0) is 21.3. The first-order valence-electron chi connectivity index (χ1n) is 9.81. The van der Waals surface area contributed by atoms with E-state index in [1.807, 2.05) is 19.9 Å². The van der Waals surface area contributed by atoms with E-state index in [0.29, 0.717) is 22.9 Å². The molecule has 1 saturated heterocycles. The van der Waals surface area contributed by atoms with Gasteiger partial charge < -0.3 is 10.0 Å². The van der Waals surface area contributed by atoms with Gasteiger partial charge in [0.25, 0.3) is 10.0 Å². The van der Waals surface area contributed by atoms with Crippen LogP contribution in [-0.4, -0.2) is 32.6 Å². The molecule has 1 aliphatic rings. The molecule has 6 nitrogen and oxygen atoms in total. The van der Waals surface area contributed by atoms with Gasteiger partial charge in [-0.25, -0.2) is 13.2 Å². The van der Waals surface area contributed by atoms with Crippen LogP contribution >= 0.6 is 0 Å². The molecule has 2 aromatic rings. The van der Waals surface area contributed by atoms with Crippen LogP contribution in [0.1, 0.15) is 46.8 Å². The maximum Gasteiger partial charge on any atom is 0.335 e. The van der Waals surface area contributed by atoms with Crippen LogP contribution in [0, 0.1) is 26.7 Å². The molecule has 1 aliphatic heterocycles. The van der Waals surface area contributed by atoms with Crippen LogP contribution in [0.4, 0.5) is 11.4 Å². The summed E-state index contributed by atoms with van der Waals surface area (Å²) >= 11 is 0. The van der Waals surface area contributed by atoms with Crippen molar-refractivity contribution in [2.75, 3.05) is 22.7 Å². The highest BCUT2D eigenvalue weighted by atomic mass is 32.2. The number of aromatic carboxylic acids is 1. The van der Waals surface area contributed by atoms with E-state index < -0.39 is 16.0 Å². The zero-order valence-corrected chi connectivity index (χ0v) is 18.1. The number of nitrogens with zero attached hydrogens (tertiary/aromatic N) is 1. The van der Waals surface area contributed by atoms with Crippen molar-refractivity contribution in [2.45, 2.75) is 45.4 Å². The third kappa shape index (κ3) is 4.56. The topological polar surface area (TPSA) is 86.7 Å². The highest BCUT2D eigenvalue weighted by molar-refractivity contribution is 7.92. The molecule has 3 rings (SSSR count). The molecule has 7 heteroatoms. The van der Waals surface area contributed by atoms with Crippen LogP contribution in [0.25, 0.3) is 0 Å². The van der Waals surface area contributed by atoms with E-state index in [-0.39, 0.29) is 10.5 Å². The van der Waals surface area contributed by atoms with Gasteiger partial charge in [-0.05, 0) is 80.5 Å². The summed E-state index contributed by atoms with van der Waals surface area (Å²) in [6, 6.07) is 8.14. The molecule has 0 amide bonds. The minimum Gasteiger partial charge on any atom is -0.478 e. The van der Waals surface area contributed by atoms with Crippen molar-refractivity contribution in [3.63, 3.8) is 0 Å². The summed E-state index contributed by atoms with van der Waals surface area (Å²) in [5.41, 5.74) is 3.64. The van der Waals surface area contributed by atoms with Crippen LogP contribution in [-0.2, 0) is 10.0 Å². The molecule has 0 bridgehead atoms. The lowest BCUT2D eigenvalue weighted by Crippen LogP contribution is -2.33. The molecule has 0 spiro atoms. The number of aryl methyl sites for hydroxylation is 3. The number of benzene rings is 2. The van der Waals surface area contributed by atoms with Crippen molar-refractivity contribution in [1.82, 2.24) is 0 Å². The standard InChI is InChI=1S/C22H28N2O4S/c1-14-7-9-24(10-8-14)20-6-5-18(22(25)26)13-19(20)23-29(27,28)21-12-16(3)15(2)11-17(21)4/h5-6,11-14,23H,7-10H2,1-4H3,(H,25,26). The molecule has 0 unspecified atom stereocenters. The lowest BCUT2D eigenvalue weighted by Gasteiger charge is -2.33. The Morgan fingerprint density at radius 1 is 1.03 bits per heavy atom. The fourth-order valence-corrected chi connectivity index (χ4v) is 5.08. The molecule has 0 aromatic heterocycles. The molecule has 0 atom stereocenters. The summed E-state index contributed by atoms with van der Waals surface area (Å²) in [5, 5.41) is 9.38. The van der Waals surface area contributed by atoms with Crippen LogP contribution in [0.3, 0.4) is 0 Å². The number of hydrogen-bond acceptors (Lipinski definition) is 4. The predicted octanol–water partition coefficient (Wildman–Crippen LogP) is 4.35. The molecule has 156 valence electrons. The number of hydrogen-bond donors (Lipinski definition) is 2. The lowest BCUT2D eigenvalue weighted by atomic mass is 9.98. The SMILES string of the molecule is Cc1cc(C)c(S(=O)(=O)Nc2cc(C(=O)O)ccc2N2CCC(C)CC2)cc1C. The van der Waals surface area contributed by atoms with Crippen LogP contribution in [0.2, 0.25) is 0 Å². The van der Waals surface area contributed by atoms with Gasteiger partial charge in [0.15, 0.2) is 0 Å². The zero-order valence-electron chi connectivity index (χ0n) is 17.3. The summed E-state index contributed by atoms with van der Waals surface area (Å²) in [6.45, 7) is 9.41. The maximum absolute atomic E-state index is 13.2. The summed E-state index contributed by atoms with van der Waals surface area (Å²) in [4.78, 5) is 13.8. The number of anilines is 2. The van der Waals surface area contributed by atoms with Gasteiger partial charge in [0.1, 0.15) is 0 Å². The quantitative estimate of drug-likeness (QED) is 0.757. The van der Waals surface area contributed by atoms with Crippen molar-refractivity contribution in [2.24, 2.45) is 5.92 Å². The Balaban J connectivity index is 2.03. The molecular formula is C22H28N2O4S. The van der Waals surface area contributed by atoms with Crippen molar-refractivity contribution in [3.8, 4) is 0 Å². The lowest BCUT2D eigenvalue weighted by molar-refractivity contribution is 0.0697. The number of piperidine rings is 1. The van der Waals surface area contributed by atoms with Gasteiger partial charge in [0.05, 0.1) is 21.8 Å². The molecule has 2 N–H and O–H groups in total. The highest BCUT2D eigenvalue weighted by Crippen LogP contribution is 2.33. The van der Waals surface area contributed by atoms with Gasteiger partial charge in [-0.1, -0.05) is 13.0 Å². The molecule has 29 heavy (non-hydrogen) atoms. The van der Waals surface area contributed by atoms with Crippen LogP contribution in [0.5, 0.6) is 0 Å². The monoisotopic (exact) mass is 416 g/mol. The Morgan fingerprint density at radius 2 is 1.66 bits per heavy atom. The van der Waals surface area contributed by atoms with E-state index in [1.165, 1.54) is 12.1 Å². The third-order valence-electron chi connectivity index (χ3n) is 5.69. The summed E-state index contributed by atoms with van der Waals surface area (Å²) in [6.07, 6.45) is 2.03. The Hall–Kier alpha value is -2.54. The highest BCUT2D eigenvalue weighted by Gasteiger charge is 2.24. The van der Waals surface area contributed by atoms with Crippen molar-refractivity contribution in [1.29, 1.82) is 0 Å². The van der Waals surface area contributed by atoms with Gasteiger partial charge in [0.2, 0.25) is 0 Å². The predicted molar refractivity (Wildman–Crippen MR) is 115 cm³/mol. The minimum atomic E-state index is -3.87. The Kier molecular flexibility index (Phi) is 5.89. The molecule has 0 saturated carbocycles. The fourth-order valence-electron chi connectivity index (χ4n) is 3.70. The number of rotatable bonds is 5. The minimum absolute atomic E-state index is 0.0497. The van der Waals surface area contributed by atoms with E-state index in [2.05, 4.69) is 16.5 Å². The van der Waals surface area contributed by atoms with Gasteiger partial charge in [0, 0.05) is 13.1 Å². The van der Waals surface area contributed by atoms with Crippen molar-refractivity contribution in [3.05, 3.63) is 52.6 Å². The number of carbonyl (C=O) groups is 1. The molecule has 2 aromatic carbocycles. The van der Waals surface area contributed by atoms with E-state index in [0.717, 1.165) is 37.1 Å². The normalized spacial score (nSPS) is 15.4. The van der Waals surface area contributed by atoms with E-state index >= 15 is 0 Å². The van der Waals surface area contributed by atoms with Crippen LogP contribution in [0.15, 0.2) is 35.2 Å². The van der Waals surface area contributed by atoms with Crippen molar-refractivity contribution < 1.29 is 18.3 Å². The fraction of sp³-hybridized carbons (Fsp3) is 0.409. The molecule has 1 fully saturated rings. The summed E-state index contributed by atoms with van der Waals surface area (Å²) in [5.74, 6) is -0.463.